The van der Waals surface area contributed by atoms with Crippen LogP contribution < -0.4 is 4.74 Å². The number of hydrogen-bond acceptors (Lipinski definition) is 1. The lowest BCUT2D eigenvalue weighted by Crippen LogP contribution is -2.22. The first-order chi connectivity index (χ1) is 19.5. The van der Waals surface area contributed by atoms with Gasteiger partial charge in [0.25, 0.3) is 0 Å². The molecule has 1 fully saturated rings. The summed E-state index contributed by atoms with van der Waals surface area (Å²) in [6.45, 7) is 5.88. The number of rotatable bonds is 8. The van der Waals surface area contributed by atoms with E-state index in [9.17, 15) is 8.78 Å². The quantitative estimate of drug-likeness (QED) is 0.203. The Hall–Kier alpha value is -3.53. The summed E-state index contributed by atoms with van der Waals surface area (Å²) in [5.74, 6) is -0.232. The molecule has 0 aromatic heterocycles. The molecule has 1 atom stereocenters. The van der Waals surface area contributed by atoms with E-state index in [2.05, 4.69) is 18.7 Å². The maximum atomic E-state index is 15.3. The van der Waals surface area contributed by atoms with E-state index in [1.165, 1.54) is 56.1 Å². The standard InChI is InChI=1S/C36H37F3O/c1-3-5-22-40-34-21-20-32(35(38)36(34)39)29-16-14-28(15-17-29)31-19-18-30(23-33(31)37)27-12-10-26(11-13-27)25-8-6-24(4-2)7-9-25/h4-5,12,14-26H,2-3,6-11,13H2,1H3/b22-5-. The van der Waals surface area contributed by atoms with Crippen molar-refractivity contribution in [1.82, 2.24) is 0 Å². The SMILES string of the molecule is C=CC1CCC(C2CC=C(c3ccc(-c4ccc(-c5ccc(O/C=C\CC)c(F)c5F)cc4)c(F)c3)CC2)CC1. The summed E-state index contributed by atoms with van der Waals surface area (Å²) in [5.41, 5.74) is 3.98. The van der Waals surface area contributed by atoms with Gasteiger partial charge in [-0.2, -0.15) is 4.39 Å². The third-order valence-electron chi connectivity index (χ3n) is 8.69. The highest BCUT2D eigenvalue weighted by atomic mass is 19.2. The molecule has 1 unspecified atom stereocenters. The van der Waals surface area contributed by atoms with E-state index in [0.29, 0.717) is 22.6 Å². The summed E-state index contributed by atoms with van der Waals surface area (Å²) in [6.07, 6.45) is 16.6. The van der Waals surface area contributed by atoms with Crippen LogP contribution in [0, 0.1) is 35.2 Å². The summed E-state index contributed by atoms with van der Waals surface area (Å²) in [7, 11) is 0. The average molecular weight is 543 g/mol. The molecule has 208 valence electrons. The Morgan fingerprint density at radius 2 is 1.48 bits per heavy atom. The van der Waals surface area contributed by atoms with Gasteiger partial charge in [-0.1, -0.05) is 55.5 Å². The predicted molar refractivity (Wildman–Crippen MR) is 158 cm³/mol. The maximum absolute atomic E-state index is 15.3. The molecule has 0 saturated heterocycles. The Kier molecular flexibility index (Phi) is 8.94. The molecule has 3 aromatic rings. The van der Waals surface area contributed by atoms with Gasteiger partial charge >= 0.3 is 0 Å². The van der Waals surface area contributed by atoms with Crippen LogP contribution in [0.4, 0.5) is 13.2 Å². The smallest absolute Gasteiger partial charge is 0.201 e. The topological polar surface area (TPSA) is 9.23 Å². The summed E-state index contributed by atoms with van der Waals surface area (Å²) in [6, 6.07) is 15.2. The van der Waals surface area contributed by atoms with Crippen LogP contribution in [-0.4, -0.2) is 0 Å². The molecule has 1 saturated carbocycles. The van der Waals surface area contributed by atoms with Gasteiger partial charge < -0.3 is 4.74 Å². The Labute approximate surface area is 236 Å². The minimum atomic E-state index is -1.03. The molecule has 2 aliphatic rings. The van der Waals surface area contributed by atoms with Crippen molar-refractivity contribution in [2.45, 2.75) is 58.3 Å². The summed E-state index contributed by atoms with van der Waals surface area (Å²) < 4.78 is 49.8. The van der Waals surface area contributed by atoms with Crippen molar-refractivity contribution in [2.75, 3.05) is 0 Å². The van der Waals surface area contributed by atoms with Gasteiger partial charge in [-0.15, -0.1) is 6.58 Å². The monoisotopic (exact) mass is 542 g/mol. The van der Waals surface area contributed by atoms with Crippen molar-refractivity contribution < 1.29 is 17.9 Å². The van der Waals surface area contributed by atoms with Crippen molar-refractivity contribution in [3.63, 3.8) is 0 Å². The van der Waals surface area contributed by atoms with Crippen LogP contribution >= 0.6 is 0 Å². The zero-order valence-corrected chi connectivity index (χ0v) is 23.1. The second-order valence-corrected chi connectivity index (χ2v) is 11.1. The van der Waals surface area contributed by atoms with Crippen LogP contribution in [0.25, 0.3) is 27.8 Å². The Morgan fingerprint density at radius 3 is 2.10 bits per heavy atom. The zero-order chi connectivity index (χ0) is 28.1. The van der Waals surface area contributed by atoms with Gasteiger partial charge in [-0.05, 0) is 116 Å². The molecule has 2 aliphatic carbocycles. The molecule has 4 heteroatoms. The number of halogens is 3. The minimum absolute atomic E-state index is 0.128. The van der Waals surface area contributed by atoms with Gasteiger partial charge in [0.1, 0.15) is 5.82 Å². The van der Waals surface area contributed by atoms with Gasteiger partial charge in [-0.25, -0.2) is 8.78 Å². The van der Waals surface area contributed by atoms with E-state index >= 15 is 4.39 Å². The molecule has 0 radical (unpaired) electrons. The maximum Gasteiger partial charge on any atom is 0.201 e. The molecule has 5 rings (SSSR count). The molecule has 0 aliphatic heterocycles. The molecule has 0 bridgehead atoms. The second-order valence-electron chi connectivity index (χ2n) is 11.1. The summed E-state index contributed by atoms with van der Waals surface area (Å²) in [4.78, 5) is 0. The van der Waals surface area contributed by atoms with Crippen molar-refractivity contribution in [2.24, 2.45) is 17.8 Å². The molecule has 3 aromatic carbocycles. The molecule has 1 nitrogen and oxygen atoms in total. The first-order valence-corrected chi connectivity index (χ1v) is 14.5. The lowest BCUT2D eigenvalue weighted by Gasteiger charge is -2.34. The molecule has 0 spiro atoms. The normalized spacial score (nSPS) is 21.3. The highest BCUT2D eigenvalue weighted by Crippen LogP contribution is 2.42. The van der Waals surface area contributed by atoms with Crippen LogP contribution in [0.5, 0.6) is 5.75 Å². The average Bonchev–Trinajstić information content (AvgIpc) is 3.00. The van der Waals surface area contributed by atoms with Crippen LogP contribution in [-0.2, 0) is 0 Å². The van der Waals surface area contributed by atoms with E-state index in [1.54, 1.807) is 36.4 Å². The Bertz CT molecular complexity index is 1390. The lowest BCUT2D eigenvalue weighted by molar-refractivity contribution is 0.212. The van der Waals surface area contributed by atoms with E-state index in [1.807, 2.05) is 19.1 Å². The second kappa shape index (κ2) is 12.8. The number of allylic oxidation sites excluding steroid dienone is 4. The fourth-order valence-electron chi connectivity index (χ4n) is 6.24. The minimum Gasteiger partial charge on any atom is -0.462 e. The van der Waals surface area contributed by atoms with Gasteiger partial charge in [0.15, 0.2) is 11.6 Å². The molecule has 40 heavy (non-hydrogen) atoms. The van der Waals surface area contributed by atoms with Crippen LogP contribution in [0.3, 0.4) is 0 Å². The van der Waals surface area contributed by atoms with E-state index in [4.69, 9.17) is 4.74 Å². The van der Waals surface area contributed by atoms with Gasteiger partial charge in [0.2, 0.25) is 5.82 Å². The van der Waals surface area contributed by atoms with Crippen LogP contribution in [0.15, 0.2) is 85.7 Å². The molecular formula is C36H37F3O. The third kappa shape index (κ3) is 6.11. The van der Waals surface area contributed by atoms with Crippen molar-refractivity contribution in [3.8, 4) is 28.0 Å². The van der Waals surface area contributed by atoms with Crippen molar-refractivity contribution >= 4 is 5.57 Å². The van der Waals surface area contributed by atoms with Gasteiger partial charge in [-0.3, -0.25) is 0 Å². The van der Waals surface area contributed by atoms with Gasteiger partial charge in [0, 0.05) is 11.1 Å². The van der Waals surface area contributed by atoms with Crippen LogP contribution in [0.2, 0.25) is 0 Å². The van der Waals surface area contributed by atoms with Crippen molar-refractivity contribution in [1.29, 1.82) is 0 Å². The summed E-state index contributed by atoms with van der Waals surface area (Å²) >= 11 is 0. The Balaban J connectivity index is 1.27. The zero-order valence-electron chi connectivity index (χ0n) is 23.1. The molecule has 0 amide bonds. The third-order valence-corrected chi connectivity index (χ3v) is 8.69. The van der Waals surface area contributed by atoms with E-state index < -0.39 is 11.6 Å². The number of ether oxygens (including phenoxy) is 1. The van der Waals surface area contributed by atoms with E-state index in [0.717, 1.165) is 36.7 Å². The number of benzene rings is 3. The van der Waals surface area contributed by atoms with Gasteiger partial charge in [0.05, 0.1) is 6.26 Å². The fourth-order valence-corrected chi connectivity index (χ4v) is 6.24. The molecular weight excluding hydrogens is 505 g/mol. The van der Waals surface area contributed by atoms with E-state index in [-0.39, 0.29) is 17.1 Å². The first-order valence-electron chi connectivity index (χ1n) is 14.5. The fraction of sp³-hybridized carbons (Fsp3) is 0.333. The molecule has 0 N–H and O–H groups in total. The van der Waals surface area contributed by atoms with Crippen molar-refractivity contribution in [3.05, 3.63) is 109 Å². The number of hydrogen-bond donors (Lipinski definition) is 0. The first kappa shape index (κ1) is 28.0. The summed E-state index contributed by atoms with van der Waals surface area (Å²) in [5, 5.41) is 0. The Morgan fingerprint density at radius 1 is 0.800 bits per heavy atom. The largest absolute Gasteiger partial charge is 0.462 e. The predicted octanol–water partition coefficient (Wildman–Crippen LogP) is 10.9. The highest BCUT2D eigenvalue weighted by molar-refractivity contribution is 5.74. The van der Waals surface area contributed by atoms with Crippen LogP contribution in [0.1, 0.15) is 63.9 Å². The molecule has 0 heterocycles. The lowest BCUT2D eigenvalue weighted by atomic mass is 9.71. The highest BCUT2D eigenvalue weighted by Gasteiger charge is 2.28.